The zero-order valence-corrected chi connectivity index (χ0v) is 17.4. The zero-order valence-electron chi connectivity index (χ0n) is 17.4. The van der Waals surface area contributed by atoms with Crippen LogP contribution in [0.4, 0.5) is 0 Å². The van der Waals surface area contributed by atoms with Gasteiger partial charge in [0.25, 0.3) is 5.56 Å². The van der Waals surface area contributed by atoms with Crippen molar-refractivity contribution in [3.8, 4) is 0 Å². The highest BCUT2D eigenvalue weighted by Gasteiger charge is 2.18. The van der Waals surface area contributed by atoms with Crippen molar-refractivity contribution in [2.75, 3.05) is 13.2 Å². The second kappa shape index (κ2) is 10.9. The van der Waals surface area contributed by atoms with Crippen LogP contribution in [0.25, 0.3) is 0 Å². The van der Waals surface area contributed by atoms with E-state index in [4.69, 9.17) is 14.2 Å². The number of H-pyrrole nitrogens is 1. The molecule has 0 aliphatic heterocycles. The first-order chi connectivity index (χ1) is 15.4. The summed E-state index contributed by atoms with van der Waals surface area (Å²) < 4.78 is 17.4. The Morgan fingerprint density at radius 2 is 1.38 bits per heavy atom. The molecule has 0 spiro atoms. The lowest BCUT2D eigenvalue weighted by molar-refractivity contribution is -0.0636. The molecule has 0 saturated heterocycles. The number of ether oxygens (including phenoxy) is 3. The Kier molecular flexibility index (Phi) is 7.71. The Balaban J connectivity index is 1.66. The Hall–Kier alpha value is -3.98. The third-order valence-corrected chi connectivity index (χ3v) is 4.46. The molecule has 3 aromatic rings. The maximum atomic E-state index is 12.2. The topological polar surface area (TPSA) is 117 Å². The fraction of sp³-hybridized carbons (Fsp3) is 0.217. The van der Waals surface area contributed by atoms with Gasteiger partial charge < -0.3 is 14.2 Å². The molecule has 0 fully saturated rings. The Labute approximate surface area is 183 Å². The third kappa shape index (κ3) is 6.26. The number of nitrogens with zero attached hydrogens (tertiary/aromatic N) is 1. The summed E-state index contributed by atoms with van der Waals surface area (Å²) in [5.74, 6) is -1.13. The molecule has 1 N–H and O–H groups in total. The standard InChI is InChI=1S/C23H22N2O7/c1-16-12-25(23(29)24-20(16)26)15-32-19(13-30-21(27)17-8-4-2-5-9-17)14-31-22(28)18-10-6-3-7-11-18/h2-12,19H,13-15H2,1H3,(H,24,26,29). The van der Waals surface area contributed by atoms with Gasteiger partial charge in [0.05, 0.1) is 11.1 Å². The van der Waals surface area contributed by atoms with Crippen LogP contribution >= 0.6 is 0 Å². The number of hydrogen-bond acceptors (Lipinski definition) is 7. The highest BCUT2D eigenvalue weighted by molar-refractivity contribution is 5.89. The Bertz CT molecular complexity index is 1110. The van der Waals surface area contributed by atoms with E-state index >= 15 is 0 Å². The number of hydrogen-bond donors (Lipinski definition) is 1. The van der Waals surface area contributed by atoms with Crippen LogP contribution in [0.15, 0.2) is 76.4 Å². The molecule has 0 bridgehead atoms. The molecule has 3 rings (SSSR count). The number of aromatic amines is 1. The van der Waals surface area contributed by atoms with Crippen molar-refractivity contribution in [3.05, 3.63) is 104 Å². The molecule has 0 atom stereocenters. The molecule has 9 nitrogen and oxygen atoms in total. The van der Waals surface area contributed by atoms with Gasteiger partial charge in [0, 0.05) is 11.8 Å². The first kappa shape index (κ1) is 22.7. The summed E-state index contributed by atoms with van der Waals surface area (Å²) in [4.78, 5) is 50.1. The lowest BCUT2D eigenvalue weighted by Crippen LogP contribution is -2.35. The van der Waals surface area contributed by atoms with Crippen molar-refractivity contribution in [3.63, 3.8) is 0 Å². The van der Waals surface area contributed by atoms with E-state index in [1.807, 2.05) is 0 Å². The quantitative estimate of drug-likeness (QED) is 0.507. The van der Waals surface area contributed by atoms with Gasteiger partial charge in [-0.3, -0.25) is 14.3 Å². The minimum absolute atomic E-state index is 0.215. The number of aryl methyl sites for hydroxylation is 1. The summed E-state index contributed by atoms with van der Waals surface area (Å²) in [7, 11) is 0. The van der Waals surface area contributed by atoms with Gasteiger partial charge in [0.1, 0.15) is 26.0 Å². The number of carbonyl (C=O) groups excluding carboxylic acids is 2. The van der Waals surface area contributed by atoms with Crippen molar-refractivity contribution in [2.24, 2.45) is 0 Å². The third-order valence-electron chi connectivity index (χ3n) is 4.46. The lowest BCUT2D eigenvalue weighted by Gasteiger charge is -2.19. The van der Waals surface area contributed by atoms with Crippen LogP contribution < -0.4 is 11.2 Å². The van der Waals surface area contributed by atoms with Gasteiger partial charge in [0.15, 0.2) is 0 Å². The Morgan fingerprint density at radius 1 is 0.875 bits per heavy atom. The average molecular weight is 438 g/mol. The van der Waals surface area contributed by atoms with E-state index in [0.29, 0.717) is 16.7 Å². The first-order valence-corrected chi connectivity index (χ1v) is 9.80. The largest absolute Gasteiger partial charge is 0.459 e. The molecular formula is C23H22N2O7. The van der Waals surface area contributed by atoms with Crippen LogP contribution in [0.2, 0.25) is 0 Å². The lowest BCUT2D eigenvalue weighted by atomic mass is 10.2. The molecule has 0 radical (unpaired) electrons. The predicted molar refractivity (Wildman–Crippen MR) is 114 cm³/mol. The number of rotatable bonds is 9. The minimum Gasteiger partial charge on any atom is -0.459 e. The maximum absolute atomic E-state index is 12.2. The van der Waals surface area contributed by atoms with E-state index in [1.165, 1.54) is 6.20 Å². The van der Waals surface area contributed by atoms with E-state index < -0.39 is 29.3 Å². The van der Waals surface area contributed by atoms with Crippen LogP contribution in [-0.2, 0) is 20.9 Å². The monoisotopic (exact) mass is 438 g/mol. The van der Waals surface area contributed by atoms with Crippen LogP contribution in [0.3, 0.4) is 0 Å². The molecule has 1 aromatic heterocycles. The van der Waals surface area contributed by atoms with Gasteiger partial charge in [-0.25, -0.2) is 14.4 Å². The first-order valence-electron chi connectivity index (χ1n) is 9.80. The van der Waals surface area contributed by atoms with Crippen molar-refractivity contribution in [2.45, 2.75) is 19.8 Å². The molecule has 1 heterocycles. The number of esters is 2. The van der Waals surface area contributed by atoms with E-state index in [9.17, 15) is 19.2 Å². The van der Waals surface area contributed by atoms with E-state index in [2.05, 4.69) is 4.98 Å². The second-order valence-electron chi connectivity index (χ2n) is 6.89. The molecular weight excluding hydrogens is 416 g/mol. The van der Waals surface area contributed by atoms with Crippen LogP contribution in [0, 0.1) is 6.92 Å². The summed E-state index contributed by atoms with van der Waals surface area (Å²) in [6, 6.07) is 16.8. The molecule has 0 saturated carbocycles. The van der Waals surface area contributed by atoms with Crippen molar-refractivity contribution in [1.29, 1.82) is 0 Å². The highest BCUT2D eigenvalue weighted by Crippen LogP contribution is 2.06. The van der Waals surface area contributed by atoms with Crippen LogP contribution in [-0.4, -0.2) is 40.8 Å². The van der Waals surface area contributed by atoms with Gasteiger partial charge in [-0.2, -0.15) is 0 Å². The summed E-state index contributed by atoms with van der Waals surface area (Å²) in [5, 5.41) is 0. The molecule has 32 heavy (non-hydrogen) atoms. The van der Waals surface area contributed by atoms with Gasteiger partial charge in [0.2, 0.25) is 0 Å². The van der Waals surface area contributed by atoms with Crippen molar-refractivity contribution >= 4 is 11.9 Å². The van der Waals surface area contributed by atoms with E-state index in [-0.39, 0.29) is 19.9 Å². The highest BCUT2D eigenvalue weighted by atomic mass is 16.6. The summed E-state index contributed by atoms with van der Waals surface area (Å²) in [6.07, 6.45) is 0.499. The van der Waals surface area contributed by atoms with Crippen LogP contribution in [0.5, 0.6) is 0 Å². The van der Waals surface area contributed by atoms with Crippen molar-refractivity contribution in [1.82, 2.24) is 9.55 Å². The number of carbonyl (C=O) groups is 2. The molecule has 0 unspecified atom stereocenters. The normalized spacial score (nSPS) is 10.7. The van der Waals surface area contributed by atoms with E-state index in [1.54, 1.807) is 67.6 Å². The summed E-state index contributed by atoms with van der Waals surface area (Å²) >= 11 is 0. The van der Waals surface area contributed by atoms with Gasteiger partial charge in [-0.05, 0) is 31.2 Å². The van der Waals surface area contributed by atoms with E-state index in [0.717, 1.165) is 4.57 Å². The average Bonchev–Trinajstić information content (AvgIpc) is 2.82. The maximum Gasteiger partial charge on any atom is 0.338 e. The van der Waals surface area contributed by atoms with Gasteiger partial charge >= 0.3 is 17.6 Å². The second-order valence-corrected chi connectivity index (χ2v) is 6.89. The number of nitrogens with one attached hydrogen (secondary N) is 1. The fourth-order valence-corrected chi connectivity index (χ4v) is 2.70. The number of benzene rings is 2. The fourth-order valence-electron chi connectivity index (χ4n) is 2.70. The molecule has 0 aliphatic carbocycles. The molecule has 0 aliphatic rings. The summed E-state index contributed by atoms with van der Waals surface area (Å²) in [5.41, 5.74) is -0.0888. The molecule has 0 amide bonds. The minimum atomic E-state index is -0.852. The van der Waals surface area contributed by atoms with Gasteiger partial charge in [-0.1, -0.05) is 36.4 Å². The number of aromatic nitrogens is 2. The smallest absolute Gasteiger partial charge is 0.338 e. The zero-order chi connectivity index (χ0) is 22.9. The predicted octanol–water partition coefficient (Wildman–Crippen LogP) is 1.90. The molecule has 166 valence electrons. The summed E-state index contributed by atoms with van der Waals surface area (Å²) in [6.45, 7) is 0.877. The van der Waals surface area contributed by atoms with Crippen molar-refractivity contribution < 1.29 is 23.8 Å². The molecule has 9 heteroatoms. The molecule has 2 aromatic carbocycles. The Morgan fingerprint density at radius 3 is 1.88 bits per heavy atom. The SMILES string of the molecule is Cc1cn(COC(COC(=O)c2ccccc2)COC(=O)c2ccccc2)c(=O)[nH]c1=O. The van der Waals surface area contributed by atoms with Gasteiger partial charge in [-0.15, -0.1) is 0 Å². The van der Waals surface area contributed by atoms with Crippen LogP contribution in [0.1, 0.15) is 26.3 Å².